The van der Waals surface area contributed by atoms with Crippen molar-refractivity contribution in [3.05, 3.63) is 47.0 Å². The van der Waals surface area contributed by atoms with E-state index < -0.39 is 0 Å². The maximum absolute atomic E-state index is 11.9. The molecule has 1 N–H and O–H groups in total. The maximum Gasteiger partial charge on any atom is 0.316 e. The molecule has 0 bridgehead atoms. The largest absolute Gasteiger partial charge is 0.465 e. The van der Waals surface area contributed by atoms with Crippen molar-refractivity contribution in [1.29, 1.82) is 5.26 Å². The Hall–Kier alpha value is -3.09. The number of ether oxygens (including phenoxy) is 2. The Morgan fingerprint density at radius 1 is 1.32 bits per heavy atom. The smallest absolute Gasteiger partial charge is 0.316 e. The van der Waals surface area contributed by atoms with Crippen LogP contribution in [0.15, 0.2) is 35.5 Å². The molecule has 0 saturated carbocycles. The van der Waals surface area contributed by atoms with E-state index in [4.69, 9.17) is 9.47 Å². The minimum Gasteiger partial charge on any atom is -0.465 e. The Kier molecular flexibility index (Phi) is 5.85. The molecule has 4 rings (SSSR count). The van der Waals surface area contributed by atoms with Gasteiger partial charge in [0.2, 0.25) is 0 Å². The molecule has 0 unspecified atom stereocenters. The molecular formula is C22H23N5O3S. The van der Waals surface area contributed by atoms with E-state index in [1.165, 1.54) is 11.8 Å². The van der Waals surface area contributed by atoms with Crippen LogP contribution < -0.4 is 5.32 Å². The van der Waals surface area contributed by atoms with Crippen LogP contribution in [-0.4, -0.2) is 38.5 Å². The average molecular weight is 438 g/mol. The molecule has 0 spiro atoms. The molecule has 0 saturated heterocycles. The highest BCUT2D eigenvalue weighted by atomic mass is 32.2. The molecule has 0 atom stereocenters. The Bertz CT molecular complexity index is 1170. The van der Waals surface area contributed by atoms with Crippen molar-refractivity contribution in [2.45, 2.75) is 44.6 Å². The van der Waals surface area contributed by atoms with E-state index in [0.717, 1.165) is 16.8 Å². The number of aromatic nitrogens is 3. The minimum absolute atomic E-state index is 0.0991. The van der Waals surface area contributed by atoms with E-state index in [2.05, 4.69) is 21.6 Å². The number of rotatable bonds is 6. The van der Waals surface area contributed by atoms with Gasteiger partial charge in [-0.25, -0.2) is 0 Å². The number of pyridine rings is 1. The predicted molar refractivity (Wildman–Crippen MR) is 117 cm³/mol. The first-order valence-electron chi connectivity index (χ1n) is 10.0. The number of fused-ring (bicyclic) bond motifs is 3. The van der Waals surface area contributed by atoms with Crippen molar-refractivity contribution in [2.75, 3.05) is 17.7 Å². The van der Waals surface area contributed by atoms with Gasteiger partial charge in [-0.3, -0.25) is 9.20 Å². The highest BCUT2D eigenvalue weighted by Gasteiger charge is 2.33. The Balaban J connectivity index is 1.88. The lowest BCUT2D eigenvalue weighted by Gasteiger charge is -2.33. The molecule has 1 aliphatic rings. The van der Waals surface area contributed by atoms with Crippen LogP contribution in [0.1, 0.15) is 37.5 Å². The van der Waals surface area contributed by atoms with E-state index in [1.54, 1.807) is 11.3 Å². The summed E-state index contributed by atoms with van der Waals surface area (Å²) in [7, 11) is 0. The molecule has 160 valence electrons. The molecule has 8 nitrogen and oxygen atoms in total. The third-order valence-corrected chi connectivity index (χ3v) is 5.91. The summed E-state index contributed by atoms with van der Waals surface area (Å²) in [6, 6.07) is 12.0. The van der Waals surface area contributed by atoms with Crippen LogP contribution in [0.3, 0.4) is 0 Å². The number of hydrogen-bond donors (Lipinski definition) is 1. The van der Waals surface area contributed by atoms with Gasteiger partial charge in [0.15, 0.2) is 10.8 Å². The molecule has 3 heterocycles. The molecule has 0 amide bonds. The van der Waals surface area contributed by atoms with Crippen LogP contribution >= 0.6 is 11.8 Å². The lowest BCUT2D eigenvalue weighted by atomic mass is 9.89. The standard InChI is InChI=1S/C22H23N5O3S/c1-4-29-18(28)13-31-21-26-25-20-17-12-30-22(2,3)10-15(17)16(11-23)19(27(20)21)24-14-8-6-5-7-9-14/h5-9,24H,4,10,12-13H2,1-3H3. The summed E-state index contributed by atoms with van der Waals surface area (Å²) in [6.45, 7) is 6.45. The first-order chi connectivity index (χ1) is 14.9. The fourth-order valence-electron chi connectivity index (χ4n) is 3.62. The van der Waals surface area contributed by atoms with E-state index in [0.29, 0.717) is 41.8 Å². The van der Waals surface area contributed by atoms with Gasteiger partial charge in [0, 0.05) is 17.7 Å². The van der Waals surface area contributed by atoms with Gasteiger partial charge in [0.1, 0.15) is 11.9 Å². The van der Waals surface area contributed by atoms with Crippen LogP contribution in [0.25, 0.3) is 5.65 Å². The van der Waals surface area contributed by atoms with Crippen molar-refractivity contribution in [2.24, 2.45) is 0 Å². The maximum atomic E-state index is 11.9. The molecular weight excluding hydrogens is 414 g/mol. The van der Waals surface area contributed by atoms with Crippen molar-refractivity contribution < 1.29 is 14.3 Å². The van der Waals surface area contributed by atoms with Crippen molar-refractivity contribution in [1.82, 2.24) is 14.6 Å². The summed E-state index contributed by atoms with van der Waals surface area (Å²) >= 11 is 1.22. The number of anilines is 2. The number of nitrogens with zero attached hydrogens (tertiary/aromatic N) is 4. The fraction of sp³-hybridized carbons (Fsp3) is 0.364. The fourth-order valence-corrected chi connectivity index (χ4v) is 4.35. The molecule has 3 aromatic rings. The van der Waals surface area contributed by atoms with Crippen LogP contribution in [-0.2, 0) is 27.3 Å². The normalized spacial score (nSPS) is 14.6. The van der Waals surface area contributed by atoms with Crippen LogP contribution in [0.2, 0.25) is 0 Å². The lowest BCUT2D eigenvalue weighted by Crippen LogP contribution is -2.33. The second kappa shape index (κ2) is 8.57. The zero-order valence-corrected chi connectivity index (χ0v) is 18.5. The zero-order valence-electron chi connectivity index (χ0n) is 17.6. The Morgan fingerprint density at radius 2 is 2.10 bits per heavy atom. The van der Waals surface area contributed by atoms with Gasteiger partial charge in [-0.2, -0.15) is 5.26 Å². The molecule has 31 heavy (non-hydrogen) atoms. The SMILES string of the molecule is CCOC(=O)CSc1nnc2c3c(c(C#N)c(Nc4ccccc4)n12)CC(C)(C)OC3. The Labute approximate surface area is 184 Å². The Morgan fingerprint density at radius 3 is 2.81 bits per heavy atom. The highest BCUT2D eigenvalue weighted by molar-refractivity contribution is 7.99. The summed E-state index contributed by atoms with van der Waals surface area (Å²) in [4.78, 5) is 11.9. The minimum atomic E-state index is -0.386. The number of benzene rings is 1. The van der Waals surface area contributed by atoms with Crippen molar-refractivity contribution in [3.8, 4) is 6.07 Å². The van der Waals surface area contributed by atoms with Crippen LogP contribution in [0.4, 0.5) is 11.5 Å². The summed E-state index contributed by atoms with van der Waals surface area (Å²) in [6.07, 6.45) is 0.587. The van der Waals surface area contributed by atoms with E-state index in [9.17, 15) is 10.1 Å². The quantitative estimate of drug-likeness (QED) is 0.458. The molecule has 1 aliphatic heterocycles. The van der Waals surface area contributed by atoms with Crippen LogP contribution in [0, 0.1) is 11.3 Å². The van der Waals surface area contributed by atoms with Gasteiger partial charge < -0.3 is 14.8 Å². The second-order valence-corrected chi connectivity index (χ2v) is 8.69. The van der Waals surface area contributed by atoms with Gasteiger partial charge in [-0.15, -0.1) is 10.2 Å². The molecule has 9 heteroatoms. The monoisotopic (exact) mass is 437 g/mol. The van der Waals surface area contributed by atoms with Gasteiger partial charge in [0.25, 0.3) is 0 Å². The zero-order chi connectivity index (χ0) is 22.0. The van der Waals surface area contributed by atoms with E-state index >= 15 is 0 Å². The van der Waals surface area contributed by atoms with Crippen molar-refractivity contribution in [3.63, 3.8) is 0 Å². The number of carbonyl (C=O) groups is 1. The number of thioether (sulfide) groups is 1. The first-order valence-corrected chi connectivity index (χ1v) is 11.0. The number of para-hydroxylation sites is 1. The summed E-state index contributed by atoms with van der Waals surface area (Å²) in [5, 5.41) is 22.7. The van der Waals surface area contributed by atoms with Crippen molar-refractivity contribution >= 4 is 34.9 Å². The summed E-state index contributed by atoms with van der Waals surface area (Å²) < 4.78 is 12.8. The number of hydrogen-bond acceptors (Lipinski definition) is 8. The van der Waals surface area contributed by atoms with E-state index in [1.807, 2.05) is 44.2 Å². The van der Waals surface area contributed by atoms with E-state index in [-0.39, 0.29) is 17.3 Å². The summed E-state index contributed by atoms with van der Waals surface area (Å²) in [5.41, 5.74) is 3.36. The lowest BCUT2D eigenvalue weighted by molar-refractivity contribution is -0.139. The summed E-state index contributed by atoms with van der Waals surface area (Å²) in [5.74, 6) is 0.351. The van der Waals surface area contributed by atoms with Gasteiger partial charge in [-0.1, -0.05) is 30.0 Å². The molecule has 0 aliphatic carbocycles. The van der Waals surface area contributed by atoms with Crippen LogP contribution in [0.5, 0.6) is 0 Å². The third kappa shape index (κ3) is 4.22. The first kappa shape index (κ1) is 21.2. The van der Waals surface area contributed by atoms with Gasteiger partial charge >= 0.3 is 5.97 Å². The topological polar surface area (TPSA) is 102 Å². The molecule has 2 aromatic heterocycles. The second-order valence-electron chi connectivity index (χ2n) is 7.74. The molecule has 0 fully saturated rings. The number of nitrogens with one attached hydrogen (secondary N) is 1. The van der Waals surface area contributed by atoms with Gasteiger partial charge in [-0.05, 0) is 38.5 Å². The highest BCUT2D eigenvalue weighted by Crippen LogP contribution is 2.38. The molecule has 0 radical (unpaired) electrons. The third-order valence-electron chi connectivity index (χ3n) is 5.01. The molecule has 1 aromatic carbocycles. The average Bonchev–Trinajstić information content (AvgIpc) is 3.16. The van der Waals surface area contributed by atoms with Gasteiger partial charge in [0.05, 0.1) is 30.1 Å². The number of esters is 1. The predicted octanol–water partition coefficient (Wildman–Crippen LogP) is 3.85. The number of carbonyl (C=O) groups excluding carboxylic acids is 1. The number of nitriles is 1.